The first-order chi connectivity index (χ1) is 13.4. The predicted octanol–water partition coefficient (Wildman–Crippen LogP) is 0.738. The van der Waals surface area contributed by atoms with E-state index in [1.54, 1.807) is 0 Å². The SMILES string of the molecule is C=C1[C@@H](O)[C@]23[C@H](O)[C@H]1C[C@H](O)[C@H]2[C@]12CCCC(C)(C)[C@H]1[C@H](OC(C)=O)[C@]3(O)OC2. The van der Waals surface area contributed by atoms with Gasteiger partial charge in [0.05, 0.1) is 30.3 Å². The van der Waals surface area contributed by atoms with Gasteiger partial charge >= 0.3 is 5.97 Å². The van der Waals surface area contributed by atoms with E-state index in [1.807, 2.05) is 0 Å². The zero-order valence-electron chi connectivity index (χ0n) is 17.3. The number of hydrogen-bond donors (Lipinski definition) is 4. The van der Waals surface area contributed by atoms with Crippen molar-refractivity contribution in [2.75, 3.05) is 6.61 Å². The zero-order valence-corrected chi connectivity index (χ0v) is 17.3. The molecule has 6 rings (SSSR count). The fraction of sp³-hybridized carbons (Fsp3) is 0.864. The van der Waals surface area contributed by atoms with E-state index >= 15 is 0 Å². The Labute approximate surface area is 170 Å². The molecule has 2 saturated heterocycles. The van der Waals surface area contributed by atoms with E-state index in [2.05, 4.69) is 20.4 Å². The summed E-state index contributed by atoms with van der Waals surface area (Å²) < 4.78 is 11.8. The Hall–Kier alpha value is -0.990. The molecule has 4 N–H and O–H groups in total. The van der Waals surface area contributed by atoms with Crippen molar-refractivity contribution in [1.29, 1.82) is 0 Å². The third-order valence-electron chi connectivity index (χ3n) is 9.25. The second kappa shape index (κ2) is 5.62. The largest absolute Gasteiger partial charge is 0.456 e. The van der Waals surface area contributed by atoms with Gasteiger partial charge < -0.3 is 29.9 Å². The summed E-state index contributed by atoms with van der Waals surface area (Å²) in [5, 5.41) is 46.1. The Morgan fingerprint density at radius 2 is 1.90 bits per heavy atom. The standard InChI is InChI=1S/C22H32O7/c1-10-12-8-13(24)14-20-7-5-6-19(3,4)15(20)18(29-11(2)23)22(27,28-9-20)21(14,16(10)25)17(12)26/h12-18,24-27H,1,5-9H2,2-4H3/t12-,13-,14-,15+,16+,17+,18-,20+,21-,22-/m0/s1. The zero-order chi connectivity index (χ0) is 21.1. The number of esters is 1. The van der Waals surface area contributed by atoms with Crippen LogP contribution in [0.15, 0.2) is 12.2 Å². The van der Waals surface area contributed by atoms with Crippen LogP contribution in [0.1, 0.15) is 46.5 Å². The lowest BCUT2D eigenvalue weighted by atomic mass is 9.35. The average Bonchev–Trinajstić information content (AvgIpc) is 2.73. The average molecular weight is 408 g/mol. The maximum atomic E-state index is 12.1. The van der Waals surface area contributed by atoms with Crippen LogP contribution in [-0.2, 0) is 14.3 Å². The van der Waals surface area contributed by atoms with Crippen molar-refractivity contribution >= 4 is 5.97 Å². The normalized spacial score (nSPS) is 57.2. The second-order valence-electron chi connectivity index (χ2n) is 10.8. The molecule has 162 valence electrons. The van der Waals surface area contributed by atoms with Crippen LogP contribution in [0.3, 0.4) is 0 Å². The number of carbonyl (C=O) groups excluding carboxylic acids is 1. The molecule has 29 heavy (non-hydrogen) atoms. The fourth-order valence-corrected chi connectivity index (χ4v) is 8.57. The molecule has 0 unspecified atom stereocenters. The minimum Gasteiger partial charge on any atom is -0.456 e. The number of hydrogen-bond acceptors (Lipinski definition) is 7. The fourth-order valence-electron chi connectivity index (χ4n) is 8.57. The molecule has 7 nitrogen and oxygen atoms in total. The van der Waals surface area contributed by atoms with Gasteiger partial charge in [0, 0.05) is 30.1 Å². The number of aliphatic hydroxyl groups is 4. The number of fused-ring (bicyclic) bond motifs is 2. The molecule has 2 aliphatic heterocycles. The third-order valence-corrected chi connectivity index (χ3v) is 9.25. The third kappa shape index (κ3) is 1.95. The molecule has 6 fully saturated rings. The van der Waals surface area contributed by atoms with Crippen molar-refractivity contribution < 1.29 is 34.7 Å². The Balaban J connectivity index is 1.81. The summed E-state index contributed by atoms with van der Waals surface area (Å²) in [4.78, 5) is 12.1. The van der Waals surface area contributed by atoms with E-state index in [0.717, 1.165) is 19.3 Å². The lowest BCUT2D eigenvalue weighted by molar-refractivity contribution is -0.474. The van der Waals surface area contributed by atoms with E-state index in [4.69, 9.17) is 9.47 Å². The summed E-state index contributed by atoms with van der Waals surface area (Å²) in [6, 6.07) is 0. The highest BCUT2D eigenvalue weighted by Gasteiger charge is 2.87. The van der Waals surface area contributed by atoms with Gasteiger partial charge in [-0.3, -0.25) is 4.79 Å². The van der Waals surface area contributed by atoms with Crippen LogP contribution in [0.4, 0.5) is 0 Å². The molecule has 7 heteroatoms. The van der Waals surface area contributed by atoms with Crippen LogP contribution in [-0.4, -0.2) is 63.2 Å². The summed E-state index contributed by atoms with van der Waals surface area (Å²) in [5.74, 6) is -4.03. The van der Waals surface area contributed by atoms with Crippen LogP contribution >= 0.6 is 0 Å². The highest BCUT2D eigenvalue weighted by Crippen LogP contribution is 2.77. The van der Waals surface area contributed by atoms with Crippen molar-refractivity contribution in [3.63, 3.8) is 0 Å². The van der Waals surface area contributed by atoms with Gasteiger partial charge in [-0.1, -0.05) is 26.8 Å². The maximum absolute atomic E-state index is 12.1. The van der Waals surface area contributed by atoms with Crippen LogP contribution in [0.2, 0.25) is 0 Å². The number of aliphatic hydroxyl groups excluding tert-OH is 3. The van der Waals surface area contributed by atoms with Crippen molar-refractivity contribution in [2.45, 2.75) is 76.7 Å². The molecular weight excluding hydrogens is 376 g/mol. The Morgan fingerprint density at radius 3 is 2.55 bits per heavy atom. The monoisotopic (exact) mass is 408 g/mol. The van der Waals surface area contributed by atoms with E-state index in [1.165, 1.54) is 6.92 Å². The van der Waals surface area contributed by atoms with Gasteiger partial charge in [0.25, 0.3) is 0 Å². The molecule has 10 atom stereocenters. The molecule has 2 heterocycles. The van der Waals surface area contributed by atoms with Crippen LogP contribution in [0.5, 0.6) is 0 Å². The van der Waals surface area contributed by atoms with Crippen LogP contribution < -0.4 is 0 Å². The van der Waals surface area contributed by atoms with Crippen molar-refractivity contribution in [2.24, 2.45) is 34.0 Å². The molecule has 0 aromatic carbocycles. The molecule has 6 aliphatic rings. The number of ether oxygens (including phenoxy) is 2. The molecule has 0 radical (unpaired) electrons. The first-order valence-corrected chi connectivity index (χ1v) is 10.7. The molecule has 4 bridgehead atoms. The van der Waals surface area contributed by atoms with Crippen molar-refractivity contribution in [3.05, 3.63) is 12.2 Å². The Bertz CT molecular complexity index is 779. The summed E-state index contributed by atoms with van der Waals surface area (Å²) in [7, 11) is 0. The van der Waals surface area contributed by atoms with Crippen molar-refractivity contribution in [1.82, 2.24) is 0 Å². The summed E-state index contributed by atoms with van der Waals surface area (Å²) in [6.45, 7) is 9.68. The van der Waals surface area contributed by atoms with Crippen LogP contribution in [0, 0.1) is 34.0 Å². The van der Waals surface area contributed by atoms with Gasteiger partial charge in [-0.05, 0) is 30.3 Å². The summed E-state index contributed by atoms with van der Waals surface area (Å²) in [5.41, 5.74) is -2.06. The highest BCUT2D eigenvalue weighted by atomic mass is 16.7. The lowest BCUT2D eigenvalue weighted by Gasteiger charge is -2.75. The van der Waals surface area contributed by atoms with E-state index in [-0.39, 0.29) is 17.9 Å². The lowest BCUT2D eigenvalue weighted by Crippen LogP contribution is -2.86. The maximum Gasteiger partial charge on any atom is 0.303 e. The minimum atomic E-state index is -2.11. The van der Waals surface area contributed by atoms with E-state index in [9.17, 15) is 25.2 Å². The summed E-state index contributed by atoms with van der Waals surface area (Å²) >= 11 is 0. The second-order valence-corrected chi connectivity index (χ2v) is 10.8. The smallest absolute Gasteiger partial charge is 0.303 e. The molecule has 0 amide bonds. The minimum absolute atomic E-state index is 0.204. The first-order valence-electron chi connectivity index (χ1n) is 10.7. The molecule has 4 saturated carbocycles. The summed E-state index contributed by atoms with van der Waals surface area (Å²) in [6.07, 6.45) is -1.44. The molecular formula is C22H32O7. The highest BCUT2D eigenvalue weighted by molar-refractivity contribution is 5.66. The van der Waals surface area contributed by atoms with E-state index in [0.29, 0.717) is 12.0 Å². The van der Waals surface area contributed by atoms with Gasteiger partial charge in [0.2, 0.25) is 5.79 Å². The number of carbonyl (C=O) groups is 1. The van der Waals surface area contributed by atoms with Gasteiger partial charge in [-0.25, -0.2) is 0 Å². The van der Waals surface area contributed by atoms with Gasteiger partial charge in [-0.2, -0.15) is 0 Å². The van der Waals surface area contributed by atoms with Gasteiger partial charge in [0.15, 0.2) is 6.10 Å². The molecule has 4 aliphatic carbocycles. The molecule has 0 aromatic heterocycles. The van der Waals surface area contributed by atoms with Gasteiger partial charge in [0.1, 0.15) is 0 Å². The van der Waals surface area contributed by atoms with Crippen molar-refractivity contribution in [3.8, 4) is 0 Å². The molecule has 2 spiro atoms. The molecule has 0 aromatic rings. The Kier molecular flexibility index (Phi) is 3.87. The topological polar surface area (TPSA) is 116 Å². The van der Waals surface area contributed by atoms with Gasteiger partial charge in [-0.15, -0.1) is 0 Å². The number of rotatable bonds is 1. The Morgan fingerprint density at radius 1 is 1.21 bits per heavy atom. The van der Waals surface area contributed by atoms with Crippen LogP contribution in [0.25, 0.3) is 0 Å². The predicted molar refractivity (Wildman–Crippen MR) is 101 cm³/mol. The first kappa shape index (κ1) is 19.9. The quantitative estimate of drug-likeness (QED) is 0.373. The van der Waals surface area contributed by atoms with E-state index < -0.39 is 58.8 Å².